The number of hydrogen-bond acceptors (Lipinski definition) is 5. The summed E-state index contributed by atoms with van der Waals surface area (Å²) in [6, 6.07) is 14.4. The largest absolute Gasteiger partial charge is 0.462 e. The van der Waals surface area contributed by atoms with Crippen LogP contribution >= 0.6 is 0 Å². The number of ether oxygens (including phenoxy) is 2. The molecule has 6 nitrogen and oxygen atoms in total. The number of aromatic nitrogens is 2. The molecular weight excluding hydrogens is 356 g/mol. The fraction of sp³-hybridized carbons (Fsp3) is 0.227. The molecule has 3 aromatic rings. The molecule has 0 N–H and O–H groups in total. The normalized spacial score (nSPS) is 10.5. The molecule has 0 spiro atoms. The van der Waals surface area contributed by atoms with Crippen LogP contribution in [0.2, 0.25) is 0 Å². The maximum atomic E-state index is 11.8. The molecule has 0 aliphatic carbocycles. The Kier molecular flexibility index (Phi) is 5.89. The van der Waals surface area contributed by atoms with Crippen molar-refractivity contribution in [3.05, 3.63) is 65.9 Å². The van der Waals surface area contributed by atoms with Crippen molar-refractivity contribution in [3.63, 3.8) is 0 Å². The molecule has 0 atom stereocenters. The lowest BCUT2D eigenvalue weighted by molar-refractivity contribution is 0.0517. The van der Waals surface area contributed by atoms with Gasteiger partial charge in [-0.25, -0.2) is 14.6 Å². The standard InChI is InChI=1S/C22H22N2O4/c1-4-27-21(25)17-10-6-15(7-11-17)19-14-23-20(24(19)3)16-8-12-18(13-9-16)22(26)28-5-2/h6-14H,4-5H2,1-3H3. The van der Waals surface area contributed by atoms with Gasteiger partial charge < -0.3 is 14.0 Å². The van der Waals surface area contributed by atoms with Gasteiger partial charge in [0.1, 0.15) is 5.82 Å². The minimum atomic E-state index is -0.337. The van der Waals surface area contributed by atoms with Gasteiger partial charge in [0.05, 0.1) is 36.2 Å². The molecule has 28 heavy (non-hydrogen) atoms. The summed E-state index contributed by atoms with van der Waals surface area (Å²) in [6.07, 6.45) is 1.79. The van der Waals surface area contributed by atoms with Crippen LogP contribution in [0.1, 0.15) is 34.6 Å². The molecule has 0 fully saturated rings. The van der Waals surface area contributed by atoms with E-state index in [2.05, 4.69) is 4.98 Å². The van der Waals surface area contributed by atoms with Gasteiger partial charge in [0.2, 0.25) is 0 Å². The van der Waals surface area contributed by atoms with Crippen molar-refractivity contribution < 1.29 is 19.1 Å². The Morgan fingerprint density at radius 2 is 1.29 bits per heavy atom. The summed E-state index contributed by atoms with van der Waals surface area (Å²) in [5, 5.41) is 0. The van der Waals surface area contributed by atoms with Crippen molar-refractivity contribution in [1.29, 1.82) is 0 Å². The summed E-state index contributed by atoms with van der Waals surface area (Å²) in [5.41, 5.74) is 3.78. The zero-order chi connectivity index (χ0) is 20.1. The van der Waals surface area contributed by atoms with Gasteiger partial charge in [0, 0.05) is 12.6 Å². The zero-order valence-corrected chi connectivity index (χ0v) is 16.1. The zero-order valence-electron chi connectivity index (χ0n) is 16.1. The third-order valence-electron chi connectivity index (χ3n) is 4.33. The summed E-state index contributed by atoms with van der Waals surface area (Å²) in [5.74, 6) is 0.109. The Bertz CT molecular complexity index is 894. The minimum Gasteiger partial charge on any atom is -0.462 e. The van der Waals surface area contributed by atoms with E-state index in [0.717, 1.165) is 22.6 Å². The van der Waals surface area contributed by atoms with E-state index in [0.29, 0.717) is 24.3 Å². The first kappa shape index (κ1) is 19.4. The molecule has 0 aliphatic rings. The van der Waals surface area contributed by atoms with E-state index in [1.165, 1.54) is 0 Å². The van der Waals surface area contributed by atoms with Crippen LogP contribution in [0.4, 0.5) is 0 Å². The molecular formula is C22H22N2O4. The molecule has 0 unspecified atom stereocenters. The fourth-order valence-electron chi connectivity index (χ4n) is 2.91. The van der Waals surface area contributed by atoms with E-state index in [9.17, 15) is 9.59 Å². The number of esters is 2. The predicted molar refractivity (Wildman–Crippen MR) is 106 cm³/mol. The van der Waals surface area contributed by atoms with E-state index >= 15 is 0 Å². The highest BCUT2D eigenvalue weighted by Gasteiger charge is 2.13. The van der Waals surface area contributed by atoms with Crippen molar-refractivity contribution in [3.8, 4) is 22.6 Å². The van der Waals surface area contributed by atoms with E-state index in [4.69, 9.17) is 9.47 Å². The smallest absolute Gasteiger partial charge is 0.338 e. The number of carbonyl (C=O) groups is 2. The predicted octanol–water partition coefficient (Wildman–Crippen LogP) is 4.11. The van der Waals surface area contributed by atoms with Gasteiger partial charge in [-0.15, -0.1) is 0 Å². The van der Waals surface area contributed by atoms with Gasteiger partial charge in [-0.1, -0.05) is 24.3 Å². The third kappa shape index (κ3) is 3.96. The van der Waals surface area contributed by atoms with E-state index in [-0.39, 0.29) is 11.9 Å². The molecule has 1 aromatic heterocycles. The molecule has 144 valence electrons. The van der Waals surface area contributed by atoms with Crippen LogP contribution < -0.4 is 0 Å². The van der Waals surface area contributed by atoms with Gasteiger partial charge in [-0.2, -0.15) is 0 Å². The molecule has 0 radical (unpaired) electrons. The van der Waals surface area contributed by atoms with Crippen LogP contribution in [-0.4, -0.2) is 34.7 Å². The van der Waals surface area contributed by atoms with Crippen molar-refractivity contribution in [1.82, 2.24) is 9.55 Å². The molecule has 3 rings (SSSR count). The topological polar surface area (TPSA) is 70.4 Å². The number of imidazole rings is 1. The van der Waals surface area contributed by atoms with Crippen molar-refractivity contribution in [2.45, 2.75) is 13.8 Å². The first-order valence-electron chi connectivity index (χ1n) is 9.12. The van der Waals surface area contributed by atoms with Crippen LogP contribution in [0, 0.1) is 0 Å². The van der Waals surface area contributed by atoms with Gasteiger partial charge in [0.15, 0.2) is 0 Å². The summed E-state index contributed by atoms with van der Waals surface area (Å²) < 4.78 is 12.0. The van der Waals surface area contributed by atoms with E-state index in [1.807, 2.05) is 35.9 Å². The van der Waals surface area contributed by atoms with Gasteiger partial charge >= 0.3 is 11.9 Å². The van der Waals surface area contributed by atoms with Crippen LogP contribution in [0.15, 0.2) is 54.7 Å². The van der Waals surface area contributed by atoms with Crippen LogP contribution in [-0.2, 0) is 16.5 Å². The minimum absolute atomic E-state index is 0.332. The average molecular weight is 378 g/mol. The number of benzene rings is 2. The Morgan fingerprint density at radius 1 is 0.821 bits per heavy atom. The SMILES string of the molecule is CCOC(=O)c1ccc(-c2cnc(-c3ccc(C(=O)OCC)cc3)n2C)cc1. The maximum absolute atomic E-state index is 11.8. The molecule has 0 saturated carbocycles. The summed E-state index contributed by atoms with van der Waals surface area (Å²) in [6.45, 7) is 4.25. The molecule has 0 saturated heterocycles. The number of nitrogens with zero attached hydrogens (tertiary/aromatic N) is 2. The summed E-state index contributed by atoms with van der Waals surface area (Å²) in [4.78, 5) is 28.1. The van der Waals surface area contributed by atoms with E-state index < -0.39 is 0 Å². The first-order chi connectivity index (χ1) is 13.5. The number of hydrogen-bond donors (Lipinski definition) is 0. The van der Waals surface area contributed by atoms with Crippen molar-refractivity contribution in [2.75, 3.05) is 13.2 Å². The molecule has 0 amide bonds. The third-order valence-corrected chi connectivity index (χ3v) is 4.33. The Labute approximate surface area is 163 Å². The average Bonchev–Trinajstić information content (AvgIpc) is 3.10. The second-order valence-electron chi connectivity index (χ2n) is 6.12. The lowest BCUT2D eigenvalue weighted by Gasteiger charge is -2.08. The monoisotopic (exact) mass is 378 g/mol. The van der Waals surface area contributed by atoms with Crippen LogP contribution in [0.3, 0.4) is 0 Å². The van der Waals surface area contributed by atoms with E-state index in [1.54, 1.807) is 44.3 Å². The van der Waals surface area contributed by atoms with Crippen molar-refractivity contribution in [2.24, 2.45) is 7.05 Å². The highest BCUT2D eigenvalue weighted by atomic mass is 16.5. The highest BCUT2D eigenvalue weighted by Crippen LogP contribution is 2.26. The lowest BCUT2D eigenvalue weighted by atomic mass is 10.1. The second kappa shape index (κ2) is 8.52. The van der Waals surface area contributed by atoms with Gasteiger partial charge in [-0.3, -0.25) is 0 Å². The van der Waals surface area contributed by atoms with Crippen LogP contribution in [0.25, 0.3) is 22.6 Å². The Hall–Kier alpha value is -3.41. The summed E-state index contributed by atoms with van der Waals surface area (Å²) in [7, 11) is 1.93. The number of carbonyl (C=O) groups excluding carboxylic acids is 2. The van der Waals surface area contributed by atoms with Crippen molar-refractivity contribution >= 4 is 11.9 Å². The highest BCUT2D eigenvalue weighted by molar-refractivity contribution is 5.90. The molecule has 2 aromatic carbocycles. The number of rotatable bonds is 6. The summed E-state index contributed by atoms with van der Waals surface area (Å²) >= 11 is 0. The maximum Gasteiger partial charge on any atom is 0.338 e. The Balaban J connectivity index is 1.84. The molecule has 1 heterocycles. The van der Waals surface area contributed by atoms with Gasteiger partial charge in [-0.05, 0) is 43.7 Å². The second-order valence-corrected chi connectivity index (χ2v) is 6.12. The molecule has 0 bridgehead atoms. The first-order valence-corrected chi connectivity index (χ1v) is 9.12. The molecule has 6 heteroatoms. The van der Waals surface area contributed by atoms with Crippen LogP contribution in [0.5, 0.6) is 0 Å². The fourth-order valence-corrected chi connectivity index (χ4v) is 2.91. The lowest BCUT2D eigenvalue weighted by Crippen LogP contribution is -2.04. The molecule has 0 aliphatic heterocycles. The quantitative estimate of drug-likeness (QED) is 0.604. The Morgan fingerprint density at radius 3 is 1.75 bits per heavy atom. The van der Waals surface area contributed by atoms with Gasteiger partial charge in [0.25, 0.3) is 0 Å².